The fourth-order valence-corrected chi connectivity index (χ4v) is 2.41. The zero-order valence-corrected chi connectivity index (χ0v) is 14.9. The van der Waals surface area contributed by atoms with Crippen molar-refractivity contribution in [1.29, 1.82) is 0 Å². The molecule has 27 heavy (non-hydrogen) atoms. The Labute approximate surface area is 157 Å². The highest BCUT2D eigenvalue weighted by Gasteiger charge is 2.19. The number of carbonyl (C=O) groups excluding carboxylic acids is 3. The van der Waals surface area contributed by atoms with E-state index in [4.69, 9.17) is 10.5 Å². The van der Waals surface area contributed by atoms with Gasteiger partial charge in [-0.25, -0.2) is 4.79 Å². The molecule has 0 aliphatic rings. The number of nitrogens with two attached hydrogens (primary N) is 1. The van der Waals surface area contributed by atoms with E-state index in [0.717, 1.165) is 5.56 Å². The third-order valence-corrected chi connectivity index (χ3v) is 3.79. The minimum atomic E-state index is -0.873. The van der Waals surface area contributed by atoms with Gasteiger partial charge in [0.05, 0.1) is 0 Å². The summed E-state index contributed by atoms with van der Waals surface area (Å²) in [6.45, 7) is 0.470. The lowest BCUT2D eigenvalue weighted by Gasteiger charge is -2.15. The molecule has 142 valence electrons. The zero-order chi connectivity index (χ0) is 19.5. The Bertz CT molecular complexity index is 750. The van der Waals surface area contributed by atoms with Gasteiger partial charge in [-0.05, 0) is 17.5 Å². The second kappa shape index (κ2) is 10.6. The molecule has 4 N–H and O–H groups in total. The van der Waals surface area contributed by atoms with Crippen LogP contribution in [0.3, 0.4) is 0 Å². The number of benzene rings is 2. The molecular formula is C20H23N3O4. The van der Waals surface area contributed by atoms with Crippen LogP contribution in [0.25, 0.3) is 0 Å². The number of rotatable bonds is 9. The van der Waals surface area contributed by atoms with Gasteiger partial charge < -0.3 is 21.1 Å². The molecule has 0 aliphatic heterocycles. The highest BCUT2D eigenvalue weighted by Crippen LogP contribution is 2.12. The van der Waals surface area contributed by atoms with Crippen LogP contribution in [-0.2, 0) is 20.9 Å². The predicted octanol–water partition coefficient (Wildman–Crippen LogP) is 2.04. The van der Waals surface area contributed by atoms with Crippen molar-refractivity contribution in [3.8, 4) is 0 Å². The van der Waals surface area contributed by atoms with Crippen molar-refractivity contribution < 1.29 is 19.1 Å². The van der Waals surface area contributed by atoms with Crippen LogP contribution in [-0.4, -0.2) is 24.5 Å². The highest BCUT2D eigenvalue weighted by atomic mass is 16.5. The summed E-state index contributed by atoms with van der Waals surface area (Å²) in [5.41, 5.74) is 6.89. The molecule has 0 aliphatic carbocycles. The molecule has 2 aromatic rings. The lowest BCUT2D eigenvalue weighted by Crippen LogP contribution is -2.37. The summed E-state index contributed by atoms with van der Waals surface area (Å²) in [7, 11) is 0. The van der Waals surface area contributed by atoms with Crippen LogP contribution in [0.2, 0.25) is 0 Å². The van der Waals surface area contributed by atoms with Gasteiger partial charge in [0.1, 0.15) is 12.6 Å². The van der Waals surface area contributed by atoms with E-state index in [1.165, 1.54) is 0 Å². The molecule has 1 atom stereocenters. The van der Waals surface area contributed by atoms with Gasteiger partial charge >= 0.3 is 6.09 Å². The zero-order valence-electron chi connectivity index (χ0n) is 14.9. The summed E-state index contributed by atoms with van der Waals surface area (Å²) >= 11 is 0. The summed E-state index contributed by atoms with van der Waals surface area (Å²) in [6, 6.07) is 17.3. The molecular weight excluding hydrogens is 346 g/mol. The van der Waals surface area contributed by atoms with E-state index in [2.05, 4.69) is 10.6 Å². The fourth-order valence-electron chi connectivity index (χ4n) is 2.41. The van der Waals surface area contributed by atoms with Gasteiger partial charge in [-0.1, -0.05) is 60.7 Å². The molecule has 0 spiro atoms. The SMILES string of the molecule is NC(=O)C(NC(=O)CCCNC(=O)OCc1ccccc1)c1ccccc1. The van der Waals surface area contributed by atoms with E-state index in [1.54, 1.807) is 24.3 Å². The predicted molar refractivity (Wildman–Crippen MR) is 100 cm³/mol. The molecule has 2 aromatic carbocycles. The maximum atomic E-state index is 12.0. The number of alkyl carbamates (subject to hydrolysis) is 1. The van der Waals surface area contributed by atoms with Crippen LogP contribution in [0, 0.1) is 0 Å². The third kappa shape index (κ3) is 7.19. The van der Waals surface area contributed by atoms with E-state index >= 15 is 0 Å². The molecule has 0 saturated heterocycles. The van der Waals surface area contributed by atoms with E-state index < -0.39 is 18.0 Å². The first-order valence-electron chi connectivity index (χ1n) is 8.64. The Balaban J connectivity index is 1.66. The Morgan fingerprint density at radius 3 is 2.22 bits per heavy atom. The van der Waals surface area contributed by atoms with Gasteiger partial charge in [-0.2, -0.15) is 0 Å². The fraction of sp³-hybridized carbons (Fsp3) is 0.250. The van der Waals surface area contributed by atoms with Crippen LogP contribution < -0.4 is 16.4 Å². The van der Waals surface area contributed by atoms with E-state index in [9.17, 15) is 14.4 Å². The molecule has 7 heteroatoms. The molecule has 0 aromatic heterocycles. The van der Waals surface area contributed by atoms with Crippen molar-refractivity contribution >= 4 is 17.9 Å². The number of nitrogens with one attached hydrogen (secondary N) is 2. The number of ether oxygens (including phenoxy) is 1. The summed E-state index contributed by atoms with van der Waals surface area (Å²) in [6.07, 6.45) is 0.0147. The monoisotopic (exact) mass is 369 g/mol. The second-order valence-electron chi connectivity index (χ2n) is 5.91. The van der Waals surface area contributed by atoms with Gasteiger partial charge in [-0.15, -0.1) is 0 Å². The molecule has 0 heterocycles. The smallest absolute Gasteiger partial charge is 0.407 e. The molecule has 1 unspecified atom stereocenters. The Kier molecular flexibility index (Phi) is 7.84. The van der Waals surface area contributed by atoms with Gasteiger partial charge in [0.25, 0.3) is 0 Å². The van der Waals surface area contributed by atoms with Crippen molar-refractivity contribution in [2.45, 2.75) is 25.5 Å². The third-order valence-electron chi connectivity index (χ3n) is 3.79. The first-order chi connectivity index (χ1) is 13.1. The largest absolute Gasteiger partial charge is 0.445 e. The quantitative estimate of drug-likeness (QED) is 0.587. The first kappa shape index (κ1) is 20.0. The Morgan fingerprint density at radius 2 is 1.59 bits per heavy atom. The number of hydrogen-bond acceptors (Lipinski definition) is 4. The Morgan fingerprint density at radius 1 is 0.963 bits per heavy atom. The summed E-state index contributed by atoms with van der Waals surface area (Å²) < 4.78 is 5.08. The van der Waals surface area contributed by atoms with Gasteiger partial charge in [0.2, 0.25) is 11.8 Å². The van der Waals surface area contributed by atoms with Crippen molar-refractivity contribution in [3.05, 3.63) is 71.8 Å². The topological polar surface area (TPSA) is 111 Å². The van der Waals surface area contributed by atoms with Gasteiger partial charge in [-0.3, -0.25) is 9.59 Å². The lowest BCUT2D eigenvalue weighted by molar-refractivity contribution is -0.127. The molecule has 2 rings (SSSR count). The van der Waals surface area contributed by atoms with Crippen LogP contribution in [0.1, 0.15) is 30.0 Å². The molecule has 7 nitrogen and oxygen atoms in total. The summed E-state index contributed by atoms with van der Waals surface area (Å²) in [4.78, 5) is 35.2. The van der Waals surface area contributed by atoms with Crippen molar-refractivity contribution in [2.24, 2.45) is 5.73 Å². The normalized spacial score (nSPS) is 11.3. The van der Waals surface area contributed by atoms with E-state index in [0.29, 0.717) is 12.0 Å². The van der Waals surface area contributed by atoms with Crippen molar-refractivity contribution in [1.82, 2.24) is 10.6 Å². The molecule has 0 fully saturated rings. The molecule has 0 saturated carbocycles. The van der Waals surface area contributed by atoms with E-state index in [1.807, 2.05) is 36.4 Å². The maximum absolute atomic E-state index is 12.0. The van der Waals surface area contributed by atoms with Crippen LogP contribution in [0.15, 0.2) is 60.7 Å². The molecule has 0 bridgehead atoms. The van der Waals surface area contributed by atoms with Crippen LogP contribution in [0.4, 0.5) is 4.79 Å². The number of carbonyl (C=O) groups is 3. The number of hydrogen-bond donors (Lipinski definition) is 3. The van der Waals surface area contributed by atoms with Gasteiger partial charge in [0.15, 0.2) is 0 Å². The molecule has 0 radical (unpaired) electrons. The minimum absolute atomic E-state index is 0.148. The summed E-state index contributed by atoms with van der Waals surface area (Å²) in [5, 5.41) is 5.19. The second-order valence-corrected chi connectivity index (χ2v) is 5.91. The average Bonchev–Trinajstić information content (AvgIpc) is 2.69. The standard InChI is InChI=1S/C20H23N3O4/c21-19(25)18(16-10-5-2-6-11-16)23-17(24)12-7-13-22-20(26)27-14-15-8-3-1-4-9-15/h1-6,8-11,18H,7,12-14H2,(H2,21,25)(H,22,26)(H,23,24). The average molecular weight is 369 g/mol. The van der Waals surface area contributed by atoms with Crippen molar-refractivity contribution in [2.75, 3.05) is 6.54 Å². The van der Waals surface area contributed by atoms with Crippen molar-refractivity contribution in [3.63, 3.8) is 0 Å². The number of primary amides is 1. The van der Waals surface area contributed by atoms with Crippen LogP contribution >= 0.6 is 0 Å². The van der Waals surface area contributed by atoms with E-state index in [-0.39, 0.29) is 25.5 Å². The highest BCUT2D eigenvalue weighted by molar-refractivity contribution is 5.87. The minimum Gasteiger partial charge on any atom is -0.445 e. The maximum Gasteiger partial charge on any atom is 0.407 e. The molecule has 3 amide bonds. The van der Waals surface area contributed by atoms with Crippen LogP contribution in [0.5, 0.6) is 0 Å². The number of amides is 3. The Hall–Kier alpha value is -3.35. The summed E-state index contributed by atoms with van der Waals surface area (Å²) in [5.74, 6) is -0.945. The van der Waals surface area contributed by atoms with Gasteiger partial charge in [0, 0.05) is 13.0 Å². The lowest BCUT2D eigenvalue weighted by atomic mass is 10.1. The first-order valence-corrected chi connectivity index (χ1v) is 8.64.